The molecule has 0 saturated heterocycles. The Morgan fingerprint density at radius 3 is 2.08 bits per heavy atom. The summed E-state index contributed by atoms with van der Waals surface area (Å²) in [6, 6.07) is 0. The Hall–Kier alpha value is -0.610. The number of carbonyl (C=O) groups is 1. The van der Waals surface area contributed by atoms with Crippen LogP contribution in [-0.4, -0.2) is 24.3 Å². The molecule has 0 bridgehead atoms. The summed E-state index contributed by atoms with van der Waals surface area (Å²) in [4.78, 5) is 21.4. The van der Waals surface area contributed by atoms with Crippen molar-refractivity contribution < 1.29 is 14.5 Å². The van der Waals surface area contributed by atoms with Crippen molar-refractivity contribution in [2.75, 3.05) is 13.2 Å². The lowest BCUT2D eigenvalue weighted by Crippen LogP contribution is -2.31. The van der Waals surface area contributed by atoms with Gasteiger partial charge in [-0.2, -0.15) is 0 Å². The Morgan fingerprint density at radius 1 is 1.15 bits per heavy atom. The van der Waals surface area contributed by atoms with Crippen LogP contribution in [0.5, 0.6) is 0 Å². The standard InChI is InChI=1S/C9H19NO3/c1-4-7-8-9(11)10(12-5-2)13-6-3/h4-8H2,1-3H3. The van der Waals surface area contributed by atoms with E-state index < -0.39 is 0 Å². The highest BCUT2D eigenvalue weighted by Crippen LogP contribution is 2.02. The van der Waals surface area contributed by atoms with Crippen LogP contribution in [0.1, 0.15) is 40.0 Å². The topological polar surface area (TPSA) is 38.8 Å². The molecule has 4 nitrogen and oxygen atoms in total. The van der Waals surface area contributed by atoms with Crippen LogP contribution in [-0.2, 0) is 14.5 Å². The fraction of sp³-hybridized carbons (Fsp3) is 0.889. The van der Waals surface area contributed by atoms with Crippen LogP contribution >= 0.6 is 0 Å². The molecule has 4 heteroatoms. The number of rotatable bonds is 7. The SMILES string of the molecule is CCCCC(=O)N(OCC)OCC. The van der Waals surface area contributed by atoms with Crippen LogP contribution in [0.4, 0.5) is 0 Å². The highest BCUT2D eigenvalue weighted by atomic mass is 17.0. The van der Waals surface area contributed by atoms with E-state index in [1.165, 1.54) is 0 Å². The van der Waals surface area contributed by atoms with Gasteiger partial charge in [0.25, 0.3) is 5.91 Å². The molecule has 0 N–H and O–H groups in total. The molecular formula is C9H19NO3. The first-order valence-corrected chi connectivity index (χ1v) is 4.85. The monoisotopic (exact) mass is 189 g/mol. The maximum absolute atomic E-state index is 11.4. The van der Waals surface area contributed by atoms with Crippen LogP contribution < -0.4 is 0 Å². The lowest BCUT2D eigenvalue weighted by atomic mass is 10.2. The van der Waals surface area contributed by atoms with Crippen molar-refractivity contribution in [2.45, 2.75) is 40.0 Å². The van der Waals surface area contributed by atoms with Crippen molar-refractivity contribution in [3.63, 3.8) is 0 Å². The molecule has 0 aliphatic rings. The van der Waals surface area contributed by atoms with Gasteiger partial charge in [0, 0.05) is 6.42 Å². The van der Waals surface area contributed by atoms with E-state index in [0.717, 1.165) is 18.1 Å². The first-order chi connectivity index (χ1) is 6.26. The van der Waals surface area contributed by atoms with Crippen molar-refractivity contribution in [1.29, 1.82) is 0 Å². The average Bonchev–Trinajstić information content (AvgIpc) is 2.14. The minimum Gasteiger partial charge on any atom is -0.270 e. The van der Waals surface area contributed by atoms with Gasteiger partial charge in [-0.1, -0.05) is 18.6 Å². The number of hydrogen-bond donors (Lipinski definition) is 0. The van der Waals surface area contributed by atoms with Gasteiger partial charge in [0.05, 0.1) is 13.2 Å². The third-order valence-corrected chi connectivity index (χ3v) is 1.44. The van der Waals surface area contributed by atoms with Gasteiger partial charge >= 0.3 is 0 Å². The molecule has 0 aromatic rings. The minimum absolute atomic E-state index is 0.106. The molecule has 0 heterocycles. The van der Waals surface area contributed by atoms with Crippen LogP contribution in [0, 0.1) is 0 Å². The smallest absolute Gasteiger partial charge is 0.270 e. The third-order valence-electron chi connectivity index (χ3n) is 1.44. The summed E-state index contributed by atoms with van der Waals surface area (Å²) in [5.41, 5.74) is 0. The predicted octanol–water partition coefficient (Wildman–Crippen LogP) is 1.91. The fourth-order valence-corrected chi connectivity index (χ4v) is 0.835. The van der Waals surface area contributed by atoms with Crippen LogP contribution in [0.3, 0.4) is 0 Å². The molecule has 0 rings (SSSR count). The maximum Gasteiger partial charge on any atom is 0.273 e. The maximum atomic E-state index is 11.4. The summed E-state index contributed by atoms with van der Waals surface area (Å²) < 4.78 is 0. The molecular weight excluding hydrogens is 170 g/mol. The summed E-state index contributed by atoms with van der Waals surface area (Å²) in [5, 5.41) is 0.996. The second-order valence-corrected chi connectivity index (χ2v) is 2.59. The molecule has 0 aliphatic carbocycles. The molecule has 0 fully saturated rings. The summed E-state index contributed by atoms with van der Waals surface area (Å²) in [5.74, 6) is -0.106. The molecule has 0 aliphatic heterocycles. The highest BCUT2D eigenvalue weighted by Gasteiger charge is 2.13. The van der Waals surface area contributed by atoms with Gasteiger partial charge in [-0.05, 0) is 20.3 Å². The van der Waals surface area contributed by atoms with E-state index in [9.17, 15) is 4.79 Å². The minimum atomic E-state index is -0.106. The van der Waals surface area contributed by atoms with Crippen molar-refractivity contribution in [3.05, 3.63) is 0 Å². The Labute approximate surface area is 79.7 Å². The van der Waals surface area contributed by atoms with E-state index in [4.69, 9.17) is 9.68 Å². The van der Waals surface area contributed by atoms with Gasteiger partial charge in [-0.15, -0.1) is 0 Å². The first kappa shape index (κ1) is 12.4. The number of carbonyl (C=O) groups excluding carboxylic acids is 1. The summed E-state index contributed by atoms with van der Waals surface area (Å²) >= 11 is 0. The van der Waals surface area contributed by atoms with Gasteiger partial charge < -0.3 is 0 Å². The largest absolute Gasteiger partial charge is 0.273 e. The molecule has 0 unspecified atom stereocenters. The molecule has 0 spiro atoms. The molecule has 0 atom stereocenters. The molecule has 0 aromatic heterocycles. The van der Waals surface area contributed by atoms with Crippen LogP contribution in [0.15, 0.2) is 0 Å². The number of nitrogens with zero attached hydrogens (tertiary/aromatic N) is 1. The number of hydrogen-bond acceptors (Lipinski definition) is 3. The van der Waals surface area contributed by atoms with Gasteiger partial charge in [-0.3, -0.25) is 4.79 Å². The van der Waals surface area contributed by atoms with E-state index in [2.05, 4.69) is 0 Å². The normalized spacial score (nSPS) is 10.1. The van der Waals surface area contributed by atoms with Crippen molar-refractivity contribution in [1.82, 2.24) is 5.23 Å². The highest BCUT2D eigenvalue weighted by molar-refractivity contribution is 5.73. The Morgan fingerprint density at radius 2 is 1.69 bits per heavy atom. The zero-order valence-corrected chi connectivity index (χ0v) is 8.71. The van der Waals surface area contributed by atoms with Crippen molar-refractivity contribution in [2.24, 2.45) is 0 Å². The first-order valence-electron chi connectivity index (χ1n) is 4.85. The second kappa shape index (κ2) is 8.01. The lowest BCUT2D eigenvalue weighted by molar-refractivity contribution is -0.338. The number of hydroxylamine groups is 2. The van der Waals surface area contributed by atoms with Crippen LogP contribution in [0.2, 0.25) is 0 Å². The second-order valence-electron chi connectivity index (χ2n) is 2.59. The molecule has 13 heavy (non-hydrogen) atoms. The van der Waals surface area contributed by atoms with Crippen molar-refractivity contribution in [3.8, 4) is 0 Å². The van der Waals surface area contributed by atoms with E-state index in [1.54, 1.807) is 0 Å². The van der Waals surface area contributed by atoms with Gasteiger partial charge in [0.2, 0.25) is 0 Å². The predicted molar refractivity (Wildman–Crippen MR) is 49.6 cm³/mol. The van der Waals surface area contributed by atoms with Crippen molar-refractivity contribution >= 4 is 5.91 Å². The quantitative estimate of drug-likeness (QED) is 0.574. The number of amides is 1. The molecule has 0 radical (unpaired) electrons. The average molecular weight is 189 g/mol. The Balaban J connectivity index is 3.80. The molecule has 0 saturated carbocycles. The number of unbranched alkanes of at least 4 members (excludes halogenated alkanes) is 1. The summed E-state index contributed by atoms with van der Waals surface area (Å²) in [6.45, 7) is 6.56. The van der Waals surface area contributed by atoms with E-state index >= 15 is 0 Å². The van der Waals surface area contributed by atoms with Gasteiger partial charge in [-0.25, -0.2) is 9.68 Å². The van der Waals surface area contributed by atoms with Gasteiger partial charge in [0.1, 0.15) is 0 Å². The summed E-state index contributed by atoms with van der Waals surface area (Å²) in [6.07, 6.45) is 2.35. The molecule has 78 valence electrons. The van der Waals surface area contributed by atoms with Gasteiger partial charge in [0.15, 0.2) is 0 Å². The molecule has 0 aromatic carbocycles. The van der Waals surface area contributed by atoms with E-state index in [-0.39, 0.29) is 5.91 Å². The van der Waals surface area contributed by atoms with Crippen LogP contribution in [0.25, 0.3) is 0 Å². The van der Waals surface area contributed by atoms with E-state index in [0.29, 0.717) is 19.6 Å². The zero-order valence-electron chi connectivity index (χ0n) is 8.71. The van der Waals surface area contributed by atoms with E-state index in [1.807, 2.05) is 20.8 Å². The molecule has 1 amide bonds. The third kappa shape index (κ3) is 5.60. The lowest BCUT2D eigenvalue weighted by Gasteiger charge is -2.18. The zero-order chi connectivity index (χ0) is 10.1. The summed E-state index contributed by atoms with van der Waals surface area (Å²) in [7, 11) is 0. The Bertz CT molecular complexity index is 133. The Kier molecular flexibility index (Phi) is 7.63. The fourth-order valence-electron chi connectivity index (χ4n) is 0.835.